The number of alkyl halides is 2. The van der Waals surface area contributed by atoms with Crippen LogP contribution in [0, 0.1) is 12.8 Å². The molecule has 230 valence electrons. The van der Waals surface area contributed by atoms with Crippen LogP contribution >= 0.6 is 0 Å². The average molecular weight is 606 g/mol. The van der Waals surface area contributed by atoms with Gasteiger partial charge >= 0.3 is 6.61 Å². The Labute approximate surface area is 252 Å². The molecule has 44 heavy (non-hydrogen) atoms. The lowest BCUT2D eigenvalue weighted by Crippen LogP contribution is -2.55. The van der Waals surface area contributed by atoms with E-state index in [0.29, 0.717) is 62.7 Å². The van der Waals surface area contributed by atoms with Crippen molar-refractivity contribution in [3.8, 4) is 17.0 Å². The van der Waals surface area contributed by atoms with E-state index in [1.807, 2.05) is 23.5 Å². The Morgan fingerprint density at radius 2 is 1.82 bits per heavy atom. The number of halogens is 2. The Balaban J connectivity index is 1.11. The van der Waals surface area contributed by atoms with E-state index in [9.17, 15) is 23.5 Å². The van der Waals surface area contributed by atoms with Crippen molar-refractivity contribution < 1.29 is 28.2 Å². The first-order valence-electron chi connectivity index (χ1n) is 14.5. The van der Waals surface area contributed by atoms with Crippen LogP contribution in [0.4, 0.5) is 20.3 Å². The second-order valence-corrected chi connectivity index (χ2v) is 11.0. The fourth-order valence-corrected chi connectivity index (χ4v) is 5.81. The van der Waals surface area contributed by atoms with Crippen LogP contribution in [-0.4, -0.2) is 93.1 Å². The van der Waals surface area contributed by atoms with Gasteiger partial charge in [0.15, 0.2) is 11.5 Å². The maximum atomic E-state index is 13.4. The maximum absolute atomic E-state index is 13.4. The molecule has 4 aromatic rings. The lowest BCUT2D eigenvalue weighted by molar-refractivity contribution is -0.141. The van der Waals surface area contributed by atoms with Gasteiger partial charge in [0.2, 0.25) is 5.91 Å². The van der Waals surface area contributed by atoms with Gasteiger partial charge < -0.3 is 30.3 Å². The van der Waals surface area contributed by atoms with E-state index in [1.54, 1.807) is 46.6 Å². The molecule has 3 N–H and O–H groups in total. The Kier molecular flexibility index (Phi) is 8.40. The summed E-state index contributed by atoms with van der Waals surface area (Å²) in [5, 5.41) is 16.6. The van der Waals surface area contributed by atoms with Crippen molar-refractivity contribution in [1.82, 2.24) is 29.5 Å². The molecule has 0 aliphatic carbocycles. The number of ether oxygens (including phenoxy) is 1. The molecule has 0 bridgehead atoms. The smallest absolute Gasteiger partial charge is 0.387 e. The second kappa shape index (κ2) is 12.5. The van der Waals surface area contributed by atoms with E-state index in [-0.39, 0.29) is 17.6 Å². The lowest BCUT2D eigenvalue weighted by atomic mass is 9.93. The molecule has 0 radical (unpaired) electrons. The summed E-state index contributed by atoms with van der Waals surface area (Å²) in [7, 11) is 0. The van der Waals surface area contributed by atoms with Crippen LogP contribution < -0.4 is 15.4 Å². The first-order chi connectivity index (χ1) is 21.3. The number of amides is 2. The minimum absolute atomic E-state index is 0.0386. The number of carbonyl (C=O) groups excluding carboxylic acids is 2. The molecule has 4 heterocycles. The summed E-state index contributed by atoms with van der Waals surface area (Å²) in [6.07, 6.45) is 5.01. The monoisotopic (exact) mass is 605 g/mol. The molecule has 11 nitrogen and oxygen atoms in total. The molecule has 2 saturated heterocycles. The van der Waals surface area contributed by atoms with Crippen molar-refractivity contribution in [3.05, 3.63) is 72.2 Å². The molecule has 0 unspecified atom stereocenters. The van der Waals surface area contributed by atoms with Gasteiger partial charge in [-0.1, -0.05) is 0 Å². The molecular formula is C31H33F2N7O4. The molecule has 2 fully saturated rings. The third-order valence-corrected chi connectivity index (χ3v) is 8.17. The highest BCUT2D eigenvalue weighted by Gasteiger charge is 2.34. The highest BCUT2D eigenvalue weighted by Crippen LogP contribution is 2.28. The van der Waals surface area contributed by atoms with E-state index in [1.165, 1.54) is 12.1 Å². The van der Waals surface area contributed by atoms with Crippen LogP contribution in [0.5, 0.6) is 5.75 Å². The first kappa shape index (κ1) is 29.5. The van der Waals surface area contributed by atoms with E-state index in [4.69, 9.17) is 0 Å². The highest BCUT2D eigenvalue weighted by atomic mass is 19.3. The van der Waals surface area contributed by atoms with E-state index in [2.05, 4.69) is 25.3 Å². The van der Waals surface area contributed by atoms with Gasteiger partial charge in [0.05, 0.1) is 23.9 Å². The molecule has 0 spiro atoms. The number of fused-ring (bicyclic) bond motifs is 1. The number of anilines is 2. The summed E-state index contributed by atoms with van der Waals surface area (Å²) in [5.41, 5.74) is 4.19. The van der Waals surface area contributed by atoms with E-state index in [0.717, 1.165) is 22.5 Å². The zero-order valence-electron chi connectivity index (χ0n) is 24.1. The van der Waals surface area contributed by atoms with Gasteiger partial charge in [0, 0.05) is 61.9 Å². The van der Waals surface area contributed by atoms with Crippen LogP contribution in [-0.2, 0) is 4.79 Å². The number of carbonyl (C=O) groups is 2. The topological polar surface area (TPSA) is 124 Å². The van der Waals surface area contributed by atoms with Gasteiger partial charge in [-0.25, -0.2) is 9.97 Å². The van der Waals surface area contributed by atoms with Crippen LogP contribution in [0.25, 0.3) is 16.9 Å². The number of aryl methyl sites for hydroxylation is 1. The number of rotatable bonds is 7. The van der Waals surface area contributed by atoms with Crippen LogP contribution in [0.2, 0.25) is 0 Å². The van der Waals surface area contributed by atoms with Gasteiger partial charge in [-0.15, -0.1) is 0 Å². The fourth-order valence-electron chi connectivity index (χ4n) is 5.81. The Bertz CT molecular complexity index is 1650. The summed E-state index contributed by atoms with van der Waals surface area (Å²) in [4.78, 5) is 38.8. The summed E-state index contributed by atoms with van der Waals surface area (Å²) in [6.45, 7) is 1.86. The zero-order valence-corrected chi connectivity index (χ0v) is 24.1. The van der Waals surface area contributed by atoms with Crippen molar-refractivity contribution in [2.75, 3.05) is 44.6 Å². The number of benzene rings is 2. The van der Waals surface area contributed by atoms with Gasteiger partial charge in [-0.3, -0.25) is 14.0 Å². The van der Waals surface area contributed by atoms with Crippen LogP contribution in [0.3, 0.4) is 0 Å². The molecule has 6 rings (SSSR count). The lowest BCUT2D eigenvalue weighted by Gasteiger charge is -2.38. The number of hydrogen-bond acceptors (Lipinski definition) is 8. The number of piperazine rings is 1. The second-order valence-electron chi connectivity index (χ2n) is 11.0. The Morgan fingerprint density at radius 1 is 1.07 bits per heavy atom. The van der Waals surface area contributed by atoms with Crippen molar-refractivity contribution in [3.63, 3.8) is 0 Å². The number of aromatic nitrogens is 3. The molecule has 13 heteroatoms. The van der Waals surface area contributed by atoms with Gasteiger partial charge in [-0.2, -0.15) is 8.78 Å². The molecule has 2 atom stereocenters. The largest absolute Gasteiger partial charge is 0.435 e. The number of nitrogens with zero attached hydrogens (tertiary/aromatic N) is 5. The Morgan fingerprint density at radius 3 is 2.52 bits per heavy atom. The van der Waals surface area contributed by atoms with Gasteiger partial charge in [-0.05, 0) is 67.9 Å². The summed E-state index contributed by atoms with van der Waals surface area (Å²) < 4.78 is 31.3. The third kappa shape index (κ3) is 6.06. The minimum atomic E-state index is -2.89. The Hall–Kier alpha value is -4.62. The normalized spacial score (nSPS) is 18.9. The summed E-state index contributed by atoms with van der Waals surface area (Å²) in [6, 6.07) is 11.8. The molecule has 0 saturated carbocycles. The molecule has 2 amide bonds. The summed E-state index contributed by atoms with van der Waals surface area (Å²) in [5.74, 6) is 0.0602. The molecule has 2 aromatic heterocycles. The number of β-amino-alcohol motifs (C(OH)–C–C–N with tert-alkyl or cyclic N) is 1. The van der Waals surface area contributed by atoms with Crippen molar-refractivity contribution >= 4 is 29.0 Å². The number of piperidine rings is 1. The van der Waals surface area contributed by atoms with Crippen LogP contribution in [0.1, 0.15) is 22.3 Å². The van der Waals surface area contributed by atoms with Crippen LogP contribution in [0.15, 0.2) is 61.1 Å². The van der Waals surface area contributed by atoms with Crippen molar-refractivity contribution in [1.29, 1.82) is 0 Å². The number of hydrogen-bond donors (Lipinski definition) is 3. The van der Waals surface area contributed by atoms with Gasteiger partial charge in [0.25, 0.3) is 5.91 Å². The number of aliphatic hydroxyl groups excluding tert-OH is 1. The fraction of sp³-hybridized carbons (Fsp3) is 0.355. The van der Waals surface area contributed by atoms with E-state index < -0.39 is 18.6 Å². The average Bonchev–Trinajstić information content (AvgIpc) is 3.46. The number of imidazole rings is 1. The predicted molar refractivity (Wildman–Crippen MR) is 159 cm³/mol. The standard InChI is InChI=1S/C31H33F2N7O4/c1-19-16-21(4-7-23(19)29(42)38-12-14-39(15-13-38)30(43)24-8-9-34-18-26(24)41)37-27-28-36-17-25(40(28)11-10-35-27)20-2-5-22(6-3-20)44-31(32)33/h2-7,10-11,16-17,24,26,31,34,41H,8-9,12-15,18H2,1H3,(H,35,37)/t24-,26+/m0/s1. The number of aliphatic hydroxyl groups is 1. The molecule has 2 aliphatic heterocycles. The quantitative estimate of drug-likeness (QED) is 0.293. The predicted octanol–water partition coefficient (Wildman–Crippen LogP) is 3.30. The maximum Gasteiger partial charge on any atom is 0.387 e. The molecular weight excluding hydrogens is 572 g/mol. The van der Waals surface area contributed by atoms with Crippen molar-refractivity contribution in [2.45, 2.75) is 26.1 Å². The zero-order chi connectivity index (χ0) is 30.8. The SMILES string of the molecule is Cc1cc(Nc2nccn3c(-c4ccc(OC(F)F)cc4)cnc23)ccc1C(=O)N1CCN(C(=O)[C@H]2CCNC[C@H]2O)CC1. The first-order valence-corrected chi connectivity index (χ1v) is 14.5. The number of nitrogens with one attached hydrogen (secondary N) is 2. The third-order valence-electron chi connectivity index (χ3n) is 8.17. The molecule has 2 aliphatic rings. The van der Waals surface area contributed by atoms with Gasteiger partial charge in [0.1, 0.15) is 5.75 Å². The molecule has 2 aromatic carbocycles. The van der Waals surface area contributed by atoms with E-state index >= 15 is 0 Å². The highest BCUT2D eigenvalue weighted by molar-refractivity contribution is 5.96. The van der Waals surface area contributed by atoms with Crippen molar-refractivity contribution in [2.24, 2.45) is 5.92 Å². The minimum Gasteiger partial charge on any atom is -0.435 e. The summed E-state index contributed by atoms with van der Waals surface area (Å²) >= 11 is 0.